The average molecular weight is 1170 g/mol. The van der Waals surface area contributed by atoms with Crippen LogP contribution in [-0.2, 0) is 49.7 Å². The van der Waals surface area contributed by atoms with E-state index in [0.717, 1.165) is 73.5 Å². The summed E-state index contributed by atoms with van der Waals surface area (Å²) < 4.78 is 91.2. The molecule has 0 unspecified atom stereocenters. The van der Waals surface area contributed by atoms with Gasteiger partial charge in [0, 0.05) is 23.4 Å². The Hall–Kier alpha value is -6.77. The summed E-state index contributed by atoms with van der Waals surface area (Å²) in [6, 6.07) is 51.6. The molecule has 4 nitrogen and oxygen atoms in total. The molecule has 7 aromatic carbocycles. The molecule has 0 aliphatic rings. The first-order chi connectivity index (χ1) is 33.8. The molecule has 0 radical (unpaired) electrons. The van der Waals surface area contributed by atoms with Crippen LogP contribution in [0.4, 0.5) is 26.3 Å². The molecule has 0 saturated carbocycles. The second-order valence-electron chi connectivity index (χ2n) is 21.3. The topological polar surface area (TPSA) is 39.9 Å². The van der Waals surface area contributed by atoms with Crippen molar-refractivity contribution in [2.45, 2.75) is 90.9 Å². The molecule has 0 aliphatic carbocycles. The monoisotopic (exact) mass is 1160 g/mol. The van der Waals surface area contributed by atoms with Crippen molar-refractivity contribution in [3.63, 3.8) is 0 Å². The molecular weight excluding hydrogens is 1110 g/mol. The molecule has 0 amide bonds. The van der Waals surface area contributed by atoms with E-state index in [9.17, 15) is 26.3 Å². The van der Waals surface area contributed by atoms with Crippen LogP contribution in [0.15, 0.2) is 158 Å². The van der Waals surface area contributed by atoms with E-state index in [-0.39, 0.29) is 49.1 Å². The Bertz CT molecular complexity index is 3450. The van der Waals surface area contributed by atoms with E-state index in [1.165, 1.54) is 5.56 Å². The first-order valence-corrected chi connectivity index (χ1v) is 23.7. The van der Waals surface area contributed by atoms with E-state index in [1.54, 1.807) is 24.3 Å². The summed E-state index contributed by atoms with van der Waals surface area (Å²) in [6.45, 7) is 19.5. The van der Waals surface area contributed by atoms with Crippen LogP contribution >= 0.6 is 0 Å². The van der Waals surface area contributed by atoms with Crippen LogP contribution in [0.3, 0.4) is 0 Å². The number of fused-ring (bicyclic) bond motifs is 1. The maximum absolute atomic E-state index is 13.7. The third kappa shape index (κ3) is 11.3. The fourth-order valence-electron chi connectivity index (χ4n) is 9.02. The summed E-state index contributed by atoms with van der Waals surface area (Å²) in [4.78, 5) is 9.98. The van der Waals surface area contributed by atoms with Gasteiger partial charge >= 0.3 is 33.4 Å². The van der Waals surface area contributed by atoms with E-state index >= 15 is 0 Å². The second-order valence-corrected chi connectivity index (χ2v) is 21.3. The number of rotatable bonds is 8. The van der Waals surface area contributed by atoms with Gasteiger partial charge in [0.2, 0.25) is 0 Å². The Balaban J connectivity index is 0.00000711. The number of hydrogen-bond donors (Lipinski definition) is 0. The van der Waals surface area contributed by atoms with E-state index in [2.05, 4.69) is 115 Å². The molecule has 9 rings (SSSR count). The normalized spacial score (nSPS) is 12.5. The van der Waals surface area contributed by atoms with Gasteiger partial charge in [0.15, 0.2) is 0 Å². The molecule has 0 spiro atoms. The maximum Gasteiger partial charge on any atom is 2.00 e. The Labute approximate surface area is 437 Å². The standard InChI is InChI=1S/C62H53F6N3O.Pt/c1-58(2,3)45-27-28-69-54(37-45)44-29-43(50-17-10-11-18-51(50)59(4,5)6)33-49(34-44)72-48-16-14-15-41(32-48)57-70-53-19-12-13-20-56(53)71(57)55-26-25-40(35-52(55)60(7,8)9)38-21-23-39(24-22-38)42-30-46(61(63,64)65)36-47(31-42)62(66,67)68;/h10-31,33,35-37H,1-9H3;/q-2;+2. The maximum atomic E-state index is 13.7. The zero-order chi connectivity index (χ0) is 51.5. The van der Waals surface area contributed by atoms with Gasteiger partial charge in [-0.15, -0.1) is 35.4 Å². The molecule has 0 N–H and O–H groups in total. The molecule has 73 heavy (non-hydrogen) atoms. The molecule has 11 heteroatoms. The number of nitrogens with zero attached hydrogens (tertiary/aromatic N) is 3. The van der Waals surface area contributed by atoms with Crippen LogP contribution in [0, 0.1) is 12.1 Å². The molecule has 0 fully saturated rings. The summed E-state index contributed by atoms with van der Waals surface area (Å²) in [5.41, 5.74) is 8.31. The third-order valence-corrected chi connectivity index (χ3v) is 12.8. The Morgan fingerprint density at radius 2 is 1.07 bits per heavy atom. The number of pyridine rings is 1. The molecule has 0 bridgehead atoms. The van der Waals surface area contributed by atoms with Crippen molar-refractivity contribution >= 4 is 11.0 Å². The van der Waals surface area contributed by atoms with Crippen molar-refractivity contribution in [1.82, 2.24) is 14.5 Å². The summed E-state index contributed by atoms with van der Waals surface area (Å²) in [5, 5.41) is 0. The summed E-state index contributed by atoms with van der Waals surface area (Å²) in [6.07, 6.45) is -8.07. The van der Waals surface area contributed by atoms with Crippen molar-refractivity contribution in [2.75, 3.05) is 0 Å². The summed E-state index contributed by atoms with van der Waals surface area (Å²) >= 11 is 0. The molecule has 0 atom stereocenters. The first kappa shape index (κ1) is 52.5. The van der Waals surface area contributed by atoms with Gasteiger partial charge in [-0.3, -0.25) is 4.98 Å². The smallest absolute Gasteiger partial charge is 0.497 e. The summed E-state index contributed by atoms with van der Waals surface area (Å²) in [5.74, 6) is 1.58. The van der Waals surface area contributed by atoms with Crippen LogP contribution in [0.5, 0.6) is 11.5 Å². The van der Waals surface area contributed by atoms with Crippen LogP contribution in [-0.4, -0.2) is 14.5 Å². The van der Waals surface area contributed by atoms with Crippen LogP contribution in [0.25, 0.3) is 72.7 Å². The molecule has 9 aromatic rings. The molecule has 2 heterocycles. The van der Waals surface area contributed by atoms with Crippen molar-refractivity contribution in [3.8, 4) is 73.2 Å². The van der Waals surface area contributed by atoms with Crippen LogP contribution < -0.4 is 4.74 Å². The molecule has 2 aromatic heterocycles. The van der Waals surface area contributed by atoms with E-state index in [4.69, 9.17) is 14.7 Å². The number of ether oxygens (including phenoxy) is 1. The number of alkyl halides is 6. The van der Waals surface area contributed by atoms with Crippen LogP contribution in [0.2, 0.25) is 0 Å². The third-order valence-electron chi connectivity index (χ3n) is 12.8. The van der Waals surface area contributed by atoms with Gasteiger partial charge in [0.1, 0.15) is 0 Å². The Kier molecular flexibility index (Phi) is 14.1. The Morgan fingerprint density at radius 1 is 0.466 bits per heavy atom. The van der Waals surface area contributed by atoms with Gasteiger partial charge in [-0.05, 0) is 115 Å². The molecule has 374 valence electrons. The molecule has 0 saturated heterocycles. The fraction of sp³-hybridized carbons (Fsp3) is 0.226. The quantitative estimate of drug-likeness (QED) is 0.112. The van der Waals surface area contributed by atoms with Crippen molar-refractivity contribution < 1.29 is 52.1 Å². The van der Waals surface area contributed by atoms with Crippen molar-refractivity contribution in [1.29, 1.82) is 0 Å². The van der Waals surface area contributed by atoms with Gasteiger partial charge in [-0.2, -0.15) is 26.3 Å². The number of halogens is 6. The summed E-state index contributed by atoms with van der Waals surface area (Å²) in [7, 11) is 0. The Morgan fingerprint density at radius 3 is 1.71 bits per heavy atom. The SMILES string of the molecule is CC(C)(C)c1ccnc(-c2[c-]c(Oc3[c-]c(-c4nc5ccccc5n4-c4ccc(-c5ccc(-c6cc(C(F)(F)F)cc(C(F)(F)F)c6)cc5)cc4C(C)(C)C)ccc3)cc(-c3ccccc3C(C)(C)C)c2)c1.[Pt+2]. The van der Waals surface area contributed by atoms with Crippen LogP contribution in [0.1, 0.15) is 90.1 Å². The zero-order valence-electron chi connectivity index (χ0n) is 41.8. The number of aromatic nitrogens is 3. The van der Waals surface area contributed by atoms with Gasteiger partial charge in [0.25, 0.3) is 0 Å². The minimum Gasteiger partial charge on any atom is -0.497 e. The second kappa shape index (κ2) is 19.6. The zero-order valence-corrected chi connectivity index (χ0v) is 44.1. The fourth-order valence-corrected chi connectivity index (χ4v) is 9.02. The van der Waals surface area contributed by atoms with Crippen molar-refractivity contribution in [3.05, 3.63) is 198 Å². The van der Waals surface area contributed by atoms with E-state index in [0.29, 0.717) is 22.9 Å². The number of imidazole rings is 1. The number of para-hydroxylation sites is 2. The first-order valence-electron chi connectivity index (χ1n) is 23.7. The minimum atomic E-state index is -4.95. The van der Waals surface area contributed by atoms with Gasteiger partial charge in [0.05, 0.1) is 28.0 Å². The predicted octanol–water partition coefficient (Wildman–Crippen LogP) is 18.1. The van der Waals surface area contributed by atoms with Gasteiger partial charge < -0.3 is 14.3 Å². The van der Waals surface area contributed by atoms with E-state index in [1.807, 2.05) is 79.0 Å². The largest absolute Gasteiger partial charge is 2.00 e. The number of hydrogen-bond acceptors (Lipinski definition) is 3. The van der Waals surface area contributed by atoms with Crippen molar-refractivity contribution in [2.24, 2.45) is 0 Å². The molecule has 0 aliphatic heterocycles. The number of benzene rings is 7. The predicted molar refractivity (Wildman–Crippen MR) is 276 cm³/mol. The van der Waals surface area contributed by atoms with E-state index < -0.39 is 28.9 Å². The van der Waals surface area contributed by atoms with Gasteiger partial charge in [-0.25, -0.2) is 0 Å². The van der Waals surface area contributed by atoms with Gasteiger partial charge in [-0.1, -0.05) is 159 Å². The molecular formula is C62H53F6N3OPt. The minimum absolute atomic E-state index is 0. The average Bonchev–Trinajstić information content (AvgIpc) is 3.72.